The van der Waals surface area contributed by atoms with E-state index in [1.165, 1.54) is 18.5 Å². The minimum atomic E-state index is -0.286. The van der Waals surface area contributed by atoms with E-state index in [0.717, 1.165) is 34.5 Å². The Kier molecular flexibility index (Phi) is 4.16. The van der Waals surface area contributed by atoms with E-state index in [2.05, 4.69) is 26.7 Å². The van der Waals surface area contributed by atoms with Crippen molar-refractivity contribution in [2.45, 2.75) is 20.0 Å². The summed E-state index contributed by atoms with van der Waals surface area (Å²) in [6.07, 6.45) is 4.90. The van der Waals surface area contributed by atoms with Gasteiger partial charge in [0.15, 0.2) is 0 Å². The molecule has 0 atom stereocenters. The monoisotopic (exact) mass is 388 g/mol. The summed E-state index contributed by atoms with van der Waals surface area (Å²) in [6, 6.07) is 12.3. The Morgan fingerprint density at radius 2 is 2.03 bits per heavy atom. The molecule has 0 spiro atoms. The highest BCUT2D eigenvalue weighted by Crippen LogP contribution is 2.25. The Balaban J connectivity index is 1.55. The maximum atomic E-state index is 13.7. The Morgan fingerprint density at radius 1 is 1.10 bits per heavy atom. The van der Waals surface area contributed by atoms with E-state index in [1.54, 1.807) is 12.3 Å². The van der Waals surface area contributed by atoms with Crippen molar-refractivity contribution in [1.29, 1.82) is 0 Å². The van der Waals surface area contributed by atoms with E-state index in [9.17, 15) is 4.39 Å². The number of nitrogens with zero attached hydrogens (tertiary/aromatic N) is 6. The number of fused-ring (bicyclic) bond motifs is 1. The molecule has 0 aliphatic carbocycles. The molecule has 144 valence electrons. The number of imidazole rings is 2. The molecule has 29 heavy (non-hydrogen) atoms. The van der Waals surface area contributed by atoms with Crippen LogP contribution in [0.5, 0.6) is 0 Å². The highest BCUT2D eigenvalue weighted by molar-refractivity contribution is 5.81. The van der Waals surface area contributed by atoms with Crippen molar-refractivity contribution in [3.05, 3.63) is 72.9 Å². The van der Waals surface area contributed by atoms with Gasteiger partial charge in [0.05, 0.1) is 17.6 Å². The first-order chi connectivity index (χ1) is 14.2. The van der Waals surface area contributed by atoms with Gasteiger partial charge in [-0.25, -0.2) is 14.4 Å². The van der Waals surface area contributed by atoms with Crippen molar-refractivity contribution in [3.63, 3.8) is 0 Å². The Bertz CT molecular complexity index is 1290. The van der Waals surface area contributed by atoms with Gasteiger partial charge in [-0.3, -0.25) is 0 Å². The highest BCUT2D eigenvalue weighted by Gasteiger charge is 2.15. The van der Waals surface area contributed by atoms with E-state index >= 15 is 0 Å². The van der Waals surface area contributed by atoms with Gasteiger partial charge in [-0.1, -0.05) is 12.1 Å². The number of aryl methyl sites for hydroxylation is 1. The van der Waals surface area contributed by atoms with Crippen LogP contribution < -0.4 is 0 Å². The summed E-state index contributed by atoms with van der Waals surface area (Å²) in [5.74, 6) is 1.76. The van der Waals surface area contributed by atoms with Gasteiger partial charge in [-0.15, -0.1) is 10.2 Å². The summed E-state index contributed by atoms with van der Waals surface area (Å²) in [5.41, 5.74) is 3.43. The third-order valence-electron chi connectivity index (χ3n) is 4.86. The van der Waals surface area contributed by atoms with Gasteiger partial charge in [0.1, 0.15) is 17.5 Å². The van der Waals surface area contributed by atoms with Crippen molar-refractivity contribution < 1.29 is 8.81 Å². The minimum Gasteiger partial charge on any atom is -0.423 e. The first-order valence-corrected chi connectivity index (χ1v) is 9.25. The molecule has 0 aliphatic heterocycles. The molecule has 7 nitrogen and oxygen atoms in total. The third kappa shape index (κ3) is 3.08. The molecule has 0 saturated carbocycles. The zero-order valence-corrected chi connectivity index (χ0v) is 15.7. The second-order valence-corrected chi connectivity index (χ2v) is 6.61. The number of hydrogen-bond donors (Lipinski definition) is 0. The minimum absolute atomic E-state index is 0.286. The lowest BCUT2D eigenvalue weighted by atomic mass is 10.2. The molecule has 8 heteroatoms. The number of rotatable bonds is 5. The van der Waals surface area contributed by atoms with Crippen molar-refractivity contribution >= 4 is 11.0 Å². The van der Waals surface area contributed by atoms with E-state index in [0.29, 0.717) is 18.3 Å². The molecule has 0 bridgehead atoms. The smallest absolute Gasteiger partial charge is 0.247 e. The maximum Gasteiger partial charge on any atom is 0.247 e. The van der Waals surface area contributed by atoms with E-state index in [4.69, 9.17) is 9.40 Å². The SMILES string of the molecule is CCn1c(Cn2ccnc2-c2cccc(F)c2)nc2cc(-c3nnco3)ccc21. The zero-order valence-electron chi connectivity index (χ0n) is 15.7. The lowest BCUT2D eigenvalue weighted by Gasteiger charge is -2.10. The van der Waals surface area contributed by atoms with E-state index in [1.807, 2.05) is 35.0 Å². The normalized spacial score (nSPS) is 11.4. The van der Waals surface area contributed by atoms with Crippen LogP contribution in [-0.4, -0.2) is 29.3 Å². The van der Waals surface area contributed by atoms with Crippen molar-refractivity contribution in [2.75, 3.05) is 0 Å². The average Bonchev–Trinajstić information content (AvgIpc) is 3.47. The fourth-order valence-corrected chi connectivity index (χ4v) is 3.56. The van der Waals surface area contributed by atoms with Gasteiger partial charge in [0, 0.05) is 30.1 Å². The molecule has 0 radical (unpaired) electrons. The highest BCUT2D eigenvalue weighted by atomic mass is 19.1. The molecular weight excluding hydrogens is 371 g/mol. The molecule has 0 aliphatic rings. The molecule has 0 N–H and O–H groups in total. The number of aromatic nitrogens is 6. The molecule has 0 unspecified atom stereocenters. The van der Waals surface area contributed by atoms with Crippen LogP contribution in [0.3, 0.4) is 0 Å². The zero-order chi connectivity index (χ0) is 19.8. The van der Waals surface area contributed by atoms with Crippen LogP contribution >= 0.6 is 0 Å². The van der Waals surface area contributed by atoms with Crippen LogP contribution in [0.1, 0.15) is 12.7 Å². The summed E-state index contributed by atoms with van der Waals surface area (Å²) >= 11 is 0. The topological polar surface area (TPSA) is 74.6 Å². The van der Waals surface area contributed by atoms with Crippen molar-refractivity contribution in [3.8, 4) is 22.8 Å². The van der Waals surface area contributed by atoms with Crippen molar-refractivity contribution in [2.24, 2.45) is 0 Å². The standard InChI is InChI=1S/C21H17FN6O/c1-2-28-18-7-6-15(21-26-24-13-29-21)11-17(18)25-19(28)12-27-9-8-23-20(27)14-4-3-5-16(22)10-14/h3-11,13H,2,12H2,1H3. The lowest BCUT2D eigenvalue weighted by Crippen LogP contribution is -2.08. The predicted octanol–water partition coefficient (Wildman–Crippen LogP) is 4.16. The maximum absolute atomic E-state index is 13.7. The van der Waals surface area contributed by atoms with Crippen LogP contribution in [0.2, 0.25) is 0 Å². The van der Waals surface area contributed by atoms with E-state index < -0.39 is 0 Å². The van der Waals surface area contributed by atoms with Gasteiger partial charge in [-0.05, 0) is 37.3 Å². The summed E-state index contributed by atoms with van der Waals surface area (Å²) in [4.78, 5) is 9.24. The molecule has 5 rings (SSSR count). The Labute approximate surface area is 165 Å². The van der Waals surface area contributed by atoms with Gasteiger partial charge in [0.25, 0.3) is 0 Å². The number of halogens is 1. The van der Waals surface area contributed by atoms with Gasteiger partial charge in [0.2, 0.25) is 12.3 Å². The fraction of sp³-hybridized carbons (Fsp3) is 0.143. The summed E-state index contributed by atoms with van der Waals surface area (Å²) in [5, 5.41) is 7.69. The van der Waals surface area contributed by atoms with Gasteiger partial charge >= 0.3 is 0 Å². The molecule has 2 aromatic carbocycles. The Hall–Kier alpha value is -3.81. The molecule has 0 saturated heterocycles. The third-order valence-corrected chi connectivity index (χ3v) is 4.86. The molecule has 0 amide bonds. The number of hydrogen-bond acceptors (Lipinski definition) is 5. The summed E-state index contributed by atoms with van der Waals surface area (Å²) in [7, 11) is 0. The lowest BCUT2D eigenvalue weighted by molar-refractivity contribution is 0.568. The van der Waals surface area contributed by atoms with Crippen LogP contribution in [0, 0.1) is 5.82 Å². The summed E-state index contributed by atoms with van der Waals surface area (Å²) < 4.78 is 23.1. The summed E-state index contributed by atoms with van der Waals surface area (Å²) in [6.45, 7) is 3.37. The first kappa shape index (κ1) is 17.3. The van der Waals surface area contributed by atoms with Crippen LogP contribution in [-0.2, 0) is 13.1 Å². The molecule has 0 fully saturated rings. The van der Waals surface area contributed by atoms with Crippen molar-refractivity contribution in [1.82, 2.24) is 29.3 Å². The Morgan fingerprint density at radius 3 is 2.83 bits per heavy atom. The average molecular weight is 388 g/mol. The molecule has 3 heterocycles. The quantitative estimate of drug-likeness (QED) is 0.452. The van der Waals surface area contributed by atoms with E-state index in [-0.39, 0.29) is 5.82 Å². The molecule has 3 aromatic heterocycles. The van der Waals surface area contributed by atoms with Gasteiger partial charge < -0.3 is 13.6 Å². The molecular formula is C21H17FN6O. The molecule has 5 aromatic rings. The fourth-order valence-electron chi connectivity index (χ4n) is 3.56. The predicted molar refractivity (Wildman–Crippen MR) is 105 cm³/mol. The first-order valence-electron chi connectivity index (χ1n) is 9.25. The number of benzene rings is 2. The van der Waals surface area contributed by atoms with Crippen LogP contribution in [0.4, 0.5) is 4.39 Å². The second kappa shape index (κ2) is 6.97. The van der Waals surface area contributed by atoms with Crippen LogP contribution in [0.25, 0.3) is 33.9 Å². The largest absolute Gasteiger partial charge is 0.423 e. The van der Waals surface area contributed by atoms with Gasteiger partial charge in [-0.2, -0.15) is 0 Å². The second-order valence-electron chi connectivity index (χ2n) is 6.61. The van der Waals surface area contributed by atoms with Crippen LogP contribution in [0.15, 0.2) is 65.7 Å².